The molecule has 13 rings (SSSR count). The molecule has 326 valence electrons. The normalized spacial score (nSPS) is 12.6. The molecule has 0 amide bonds. The Morgan fingerprint density at radius 3 is 1.70 bits per heavy atom. The van der Waals surface area contributed by atoms with Gasteiger partial charge in [0.25, 0.3) is 0 Å². The van der Waals surface area contributed by atoms with Gasteiger partial charge in [-0.1, -0.05) is 170 Å². The van der Waals surface area contributed by atoms with E-state index in [2.05, 4.69) is 264 Å². The van der Waals surface area contributed by atoms with Crippen LogP contribution in [0.15, 0.2) is 265 Å². The van der Waals surface area contributed by atoms with Gasteiger partial charge in [0, 0.05) is 49.9 Å². The number of benzene rings is 10. The molecule has 0 saturated heterocycles. The van der Waals surface area contributed by atoms with E-state index in [0.717, 1.165) is 74.1 Å². The minimum atomic E-state index is 0.877. The number of furan rings is 1. The van der Waals surface area contributed by atoms with E-state index in [1.165, 1.54) is 60.9 Å². The monoisotopic (exact) mass is 882 g/mol. The molecule has 3 nitrogen and oxygen atoms in total. The second-order valence-electron chi connectivity index (χ2n) is 18.0. The van der Waals surface area contributed by atoms with Gasteiger partial charge in [-0.05, 0) is 148 Å². The Balaban J connectivity index is 0.827. The number of aromatic nitrogens is 1. The Kier molecular flexibility index (Phi) is 9.98. The number of fused-ring (bicyclic) bond motifs is 6. The molecule has 0 fully saturated rings. The summed E-state index contributed by atoms with van der Waals surface area (Å²) in [6.45, 7) is 0. The first kappa shape index (κ1) is 40.4. The van der Waals surface area contributed by atoms with Crippen molar-refractivity contribution in [2.24, 2.45) is 0 Å². The first-order valence-corrected chi connectivity index (χ1v) is 23.9. The van der Waals surface area contributed by atoms with Gasteiger partial charge in [0.15, 0.2) is 0 Å². The predicted molar refractivity (Wildman–Crippen MR) is 290 cm³/mol. The molecule has 10 aromatic carbocycles. The van der Waals surface area contributed by atoms with Crippen molar-refractivity contribution in [2.45, 2.75) is 12.8 Å². The van der Waals surface area contributed by atoms with Crippen LogP contribution in [-0.2, 0) is 0 Å². The Morgan fingerprint density at radius 2 is 0.928 bits per heavy atom. The summed E-state index contributed by atoms with van der Waals surface area (Å²) < 4.78 is 9.16. The molecule has 0 atom stereocenters. The minimum Gasteiger partial charge on any atom is -0.455 e. The van der Waals surface area contributed by atoms with Gasteiger partial charge in [0.05, 0.1) is 11.0 Å². The predicted octanol–water partition coefficient (Wildman–Crippen LogP) is 18.4. The summed E-state index contributed by atoms with van der Waals surface area (Å²) in [6, 6.07) is 85.6. The van der Waals surface area contributed by atoms with Crippen LogP contribution in [0.25, 0.3) is 105 Å². The molecular formula is C66H46N2O. The van der Waals surface area contributed by atoms with Gasteiger partial charge < -0.3 is 13.9 Å². The standard InChI is InChI=1S/C66H46N2O/c1-4-17-45(18-5-1)51-35-37-64-61(43-51)59-31-10-11-34-63(59)68(64)57-30-15-24-53(42-57)58-32-16-33-60-62-44-52(36-38-65(62)69-66(58)60)49-22-13-20-47(40-49)46-19-12-21-48(39-46)50-23-14-29-56(41-50)67(54-25-6-2-7-26-54)55-27-8-3-9-28-55/h1-2,4-8,10-44H,3,9H2. The first-order chi connectivity index (χ1) is 34.2. The summed E-state index contributed by atoms with van der Waals surface area (Å²) in [7, 11) is 0. The Bertz CT molecular complexity index is 3960. The third kappa shape index (κ3) is 7.33. The van der Waals surface area contributed by atoms with E-state index in [9.17, 15) is 0 Å². The summed E-state index contributed by atoms with van der Waals surface area (Å²) in [4.78, 5) is 2.36. The van der Waals surface area contributed by atoms with Crippen LogP contribution >= 0.6 is 0 Å². The molecule has 0 radical (unpaired) electrons. The lowest BCUT2D eigenvalue weighted by molar-refractivity contribution is 0.670. The highest BCUT2D eigenvalue weighted by Gasteiger charge is 2.18. The van der Waals surface area contributed by atoms with E-state index in [4.69, 9.17) is 4.42 Å². The van der Waals surface area contributed by atoms with Crippen molar-refractivity contribution in [3.63, 3.8) is 0 Å². The first-order valence-electron chi connectivity index (χ1n) is 23.9. The van der Waals surface area contributed by atoms with E-state index in [1.807, 2.05) is 0 Å². The van der Waals surface area contributed by atoms with Crippen LogP contribution in [0.5, 0.6) is 0 Å². The number of para-hydroxylation sites is 3. The molecule has 0 unspecified atom stereocenters. The molecule has 69 heavy (non-hydrogen) atoms. The van der Waals surface area contributed by atoms with Crippen LogP contribution in [0, 0.1) is 0 Å². The smallest absolute Gasteiger partial charge is 0.143 e. The molecule has 0 aliphatic heterocycles. The average Bonchev–Trinajstić information content (AvgIpc) is 3.97. The van der Waals surface area contributed by atoms with Gasteiger partial charge >= 0.3 is 0 Å². The maximum atomic E-state index is 6.77. The zero-order chi connectivity index (χ0) is 45.7. The second-order valence-corrected chi connectivity index (χ2v) is 18.0. The number of anilines is 2. The summed E-state index contributed by atoms with van der Waals surface area (Å²) in [5.74, 6) is 0. The van der Waals surface area contributed by atoms with Crippen LogP contribution in [-0.4, -0.2) is 4.57 Å². The van der Waals surface area contributed by atoms with Crippen molar-refractivity contribution in [3.8, 4) is 61.3 Å². The van der Waals surface area contributed by atoms with Crippen LogP contribution in [0.4, 0.5) is 11.4 Å². The third-order valence-corrected chi connectivity index (χ3v) is 13.8. The number of hydrogen-bond donors (Lipinski definition) is 0. The zero-order valence-electron chi connectivity index (χ0n) is 38.0. The van der Waals surface area contributed by atoms with Crippen LogP contribution in [0.3, 0.4) is 0 Å². The fraction of sp³-hybridized carbons (Fsp3) is 0.0303. The van der Waals surface area contributed by atoms with Crippen molar-refractivity contribution in [1.29, 1.82) is 0 Å². The summed E-state index contributed by atoms with van der Waals surface area (Å²) >= 11 is 0. The van der Waals surface area contributed by atoms with Gasteiger partial charge in [-0.2, -0.15) is 0 Å². The van der Waals surface area contributed by atoms with Gasteiger partial charge in [-0.15, -0.1) is 0 Å². The summed E-state index contributed by atoms with van der Waals surface area (Å²) in [5.41, 5.74) is 20.4. The highest BCUT2D eigenvalue weighted by atomic mass is 16.3. The second kappa shape index (κ2) is 17.1. The van der Waals surface area contributed by atoms with Gasteiger partial charge in [0.1, 0.15) is 11.2 Å². The van der Waals surface area contributed by atoms with Crippen molar-refractivity contribution in [2.75, 3.05) is 4.90 Å². The number of allylic oxidation sites excluding steroid dienone is 3. The largest absolute Gasteiger partial charge is 0.455 e. The molecule has 0 saturated carbocycles. The maximum absolute atomic E-state index is 6.77. The van der Waals surface area contributed by atoms with Crippen LogP contribution in [0.2, 0.25) is 0 Å². The van der Waals surface area contributed by atoms with Gasteiger partial charge in [-0.25, -0.2) is 0 Å². The molecule has 2 aromatic heterocycles. The summed E-state index contributed by atoms with van der Waals surface area (Å²) in [5, 5.41) is 4.69. The lowest BCUT2D eigenvalue weighted by Crippen LogP contribution is -2.16. The Labute approximate surface area is 401 Å². The van der Waals surface area contributed by atoms with Crippen LogP contribution < -0.4 is 4.90 Å². The van der Waals surface area contributed by atoms with Crippen molar-refractivity contribution >= 4 is 55.1 Å². The third-order valence-electron chi connectivity index (χ3n) is 13.8. The zero-order valence-corrected chi connectivity index (χ0v) is 38.0. The highest BCUT2D eigenvalue weighted by molar-refractivity contribution is 6.12. The Hall–Kier alpha value is -8.92. The molecule has 12 aromatic rings. The van der Waals surface area contributed by atoms with Crippen molar-refractivity contribution in [3.05, 3.63) is 261 Å². The lowest BCUT2D eigenvalue weighted by Gasteiger charge is -2.28. The SMILES string of the molecule is C1=CC(N(c2ccccc2)c2cccc(-c3cccc(-c4cccc(-c5ccc6oc7c(-c8cccc(-n9c%10ccccc%10c%10cc(-c%11ccccc%11)ccc%109)c8)cccc7c6c5)c4)c3)c2)=CCC1. The van der Waals surface area contributed by atoms with E-state index in [1.54, 1.807) is 0 Å². The molecule has 0 bridgehead atoms. The molecule has 3 heteroatoms. The topological polar surface area (TPSA) is 21.3 Å². The molecule has 1 aliphatic carbocycles. The van der Waals surface area contributed by atoms with Crippen LogP contribution in [0.1, 0.15) is 12.8 Å². The molecule has 0 spiro atoms. The Morgan fingerprint density at radius 1 is 0.362 bits per heavy atom. The number of rotatable bonds is 9. The number of nitrogens with zero attached hydrogens (tertiary/aromatic N) is 2. The van der Waals surface area contributed by atoms with Gasteiger partial charge in [-0.3, -0.25) is 0 Å². The van der Waals surface area contributed by atoms with Crippen molar-refractivity contribution in [1.82, 2.24) is 4.57 Å². The molecule has 1 aliphatic rings. The molecule has 0 N–H and O–H groups in total. The summed E-state index contributed by atoms with van der Waals surface area (Å²) in [6.07, 6.45) is 8.98. The fourth-order valence-electron chi connectivity index (χ4n) is 10.5. The highest BCUT2D eigenvalue weighted by Crippen LogP contribution is 2.41. The number of hydrogen-bond acceptors (Lipinski definition) is 2. The van der Waals surface area contributed by atoms with E-state index in [-0.39, 0.29) is 0 Å². The maximum Gasteiger partial charge on any atom is 0.143 e. The fourth-order valence-corrected chi connectivity index (χ4v) is 10.5. The molecular weight excluding hydrogens is 837 g/mol. The van der Waals surface area contributed by atoms with Crippen molar-refractivity contribution < 1.29 is 4.42 Å². The average molecular weight is 883 g/mol. The van der Waals surface area contributed by atoms with E-state index >= 15 is 0 Å². The van der Waals surface area contributed by atoms with E-state index < -0.39 is 0 Å². The van der Waals surface area contributed by atoms with E-state index in [0.29, 0.717) is 0 Å². The minimum absolute atomic E-state index is 0.877. The van der Waals surface area contributed by atoms with Gasteiger partial charge in [0.2, 0.25) is 0 Å². The quantitative estimate of drug-likeness (QED) is 0.144. The lowest BCUT2D eigenvalue weighted by atomic mass is 9.95. The molecule has 2 heterocycles.